The molecule has 0 aliphatic carbocycles. The van der Waals surface area contributed by atoms with Crippen molar-refractivity contribution in [3.05, 3.63) is 59.2 Å². The number of benzene rings is 2. The number of nitrogens with zero attached hydrogens (tertiary/aromatic N) is 2. The summed E-state index contributed by atoms with van der Waals surface area (Å²) in [6, 6.07) is 13.3. The number of nitrogens with one attached hydrogen (secondary N) is 1. The predicted octanol–water partition coefficient (Wildman–Crippen LogP) is 3.14. The van der Waals surface area contributed by atoms with Crippen LogP contribution >= 0.6 is 0 Å². The lowest BCUT2D eigenvalue weighted by atomic mass is 9.78. The van der Waals surface area contributed by atoms with Gasteiger partial charge in [-0.2, -0.15) is 0 Å². The van der Waals surface area contributed by atoms with Crippen LogP contribution in [0.2, 0.25) is 0 Å². The fourth-order valence-electron chi connectivity index (χ4n) is 4.87. The topological polar surface area (TPSA) is 61.9 Å². The molecule has 30 heavy (non-hydrogen) atoms. The number of piperidine rings is 1. The Hall–Kier alpha value is -2.86. The third-order valence-corrected chi connectivity index (χ3v) is 6.29. The van der Waals surface area contributed by atoms with E-state index in [0.29, 0.717) is 12.3 Å². The van der Waals surface area contributed by atoms with Gasteiger partial charge in [0, 0.05) is 31.9 Å². The first-order chi connectivity index (χ1) is 14.4. The van der Waals surface area contributed by atoms with Crippen molar-refractivity contribution in [3.8, 4) is 5.75 Å². The molecule has 6 heteroatoms. The van der Waals surface area contributed by atoms with Crippen LogP contribution in [-0.4, -0.2) is 55.4 Å². The summed E-state index contributed by atoms with van der Waals surface area (Å²) >= 11 is 0. The van der Waals surface area contributed by atoms with Gasteiger partial charge in [-0.3, -0.25) is 14.5 Å². The SMILES string of the molecule is COc1cccc(C2(N3CCCC[C@H]3C(=O)N(C)C)C(=O)Nc3ccc(C)cc32)c1. The van der Waals surface area contributed by atoms with Crippen LogP contribution in [-0.2, 0) is 15.1 Å². The maximum Gasteiger partial charge on any atom is 0.254 e. The monoisotopic (exact) mass is 407 g/mol. The highest BCUT2D eigenvalue weighted by molar-refractivity contribution is 6.09. The second kappa shape index (κ2) is 7.76. The molecule has 0 radical (unpaired) electrons. The zero-order chi connectivity index (χ0) is 21.5. The lowest BCUT2D eigenvalue weighted by Crippen LogP contribution is -2.61. The second-order valence-corrected chi connectivity index (χ2v) is 8.38. The molecule has 0 bridgehead atoms. The number of rotatable bonds is 4. The molecule has 1 saturated heterocycles. The van der Waals surface area contributed by atoms with E-state index in [1.807, 2.05) is 43.3 Å². The van der Waals surface area contributed by atoms with E-state index >= 15 is 0 Å². The van der Waals surface area contributed by atoms with Crippen molar-refractivity contribution in [3.63, 3.8) is 0 Å². The molecule has 2 heterocycles. The molecule has 1 N–H and O–H groups in total. The number of carbonyl (C=O) groups is 2. The zero-order valence-corrected chi connectivity index (χ0v) is 18.1. The Morgan fingerprint density at radius 1 is 1.20 bits per heavy atom. The lowest BCUT2D eigenvalue weighted by Gasteiger charge is -2.47. The average Bonchev–Trinajstić information content (AvgIpc) is 3.04. The van der Waals surface area contributed by atoms with Crippen LogP contribution in [0.3, 0.4) is 0 Å². The van der Waals surface area contributed by atoms with Gasteiger partial charge in [0.25, 0.3) is 5.91 Å². The largest absolute Gasteiger partial charge is 0.497 e. The molecule has 2 aliphatic heterocycles. The van der Waals surface area contributed by atoms with E-state index in [-0.39, 0.29) is 17.9 Å². The number of carbonyl (C=O) groups excluding carboxylic acids is 2. The highest BCUT2D eigenvalue weighted by atomic mass is 16.5. The minimum absolute atomic E-state index is 0.0332. The number of hydrogen-bond donors (Lipinski definition) is 1. The van der Waals surface area contributed by atoms with Gasteiger partial charge in [0.2, 0.25) is 5.91 Å². The van der Waals surface area contributed by atoms with Gasteiger partial charge in [-0.25, -0.2) is 0 Å². The third kappa shape index (κ3) is 3.06. The summed E-state index contributed by atoms with van der Waals surface area (Å²) in [6.07, 6.45) is 2.64. The molecule has 2 aliphatic rings. The first kappa shape index (κ1) is 20.4. The second-order valence-electron chi connectivity index (χ2n) is 8.38. The third-order valence-electron chi connectivity index (χ3n) is 6.29. The molecule has 2 aromatic rings. The number of fused-ring (bicyclic) bond motifs is 1. The first-order valence-electron chi connectivity index (χ1n) is 10.4. The van der Waals surface area contributed by atoms with E-state index in [4.69, 9.17) is 4.74 Å². The van der Waals surface area contributed by atoms with Gasteiger partial charge in [0.1, 0.15) is 5.75 Å². The van der Waals surface area contributed by atoms with E-state index in [1.54, 1.807) is 26.1 Å². The van der Waals surface area contributed by atoms with Gasteiger partial charge in [-0.15, -0.1) is 0 Å². The van der Waals surface area contributed by atoms with Crippen LogP contribution in [0.4, 0.5) is 5.69 Å². The Kier molecular flexibility index (Phi) is 5.28. The van der Waals surface area contributed by atoms with Crippen molar-refractivity contribution >= 4 is 17.5 Å². The lowest BCUT2D eigenvalue weighted by molar-refractivity contribution is -0.142. The number of amides is 2. The van der Waals surface area contributed by atoms with Gasteiger partial charge >= 0.3 is 0 Å². The van der Waals surface area contributed by atoms with Crippen molar-refractivity contribution in [2.45, 2.75) is 37.8 Å². The van der Waals surface area contributed by atoms with Crippen molar-refractivity contribution in [2.24, 2.45) is 0 Å². The first-order valence-corrected chi connectivity index (χ1v) is 10.4. The molecule has 0 saturated carbocycles. The smallest absolute Gasteiger partial charge is 0.254 e. The summed E-state index contributed by atoms with van der Waals surface area (Å²) in [5.74, 6) is 0.606. The normalized spacial score (nSPS) is 23.6. The van der Waals surface area contributed by atoms with Crippen LogP contribution < -0.4 is 10.1 Å². The molecule has 2 aromatic carbocycles. The molecule has 2 amide bonds. The van der Waals surface area contributed by atoms with Crippen LogP contribution in [0.1, 0.15) is 36.0 Å². The van der Waals surface area contributed by atoms with E-state index in [1.165, 1.54) is 0 Å². The standard InChI is InChI=1S/C24H29N3O3/c1-16-11-12-20-19(14-16)24(23(29)25-20,17-8-7-9-18(15-17)30-4)27-13-6-5-10-21(27)22(28)26(2)3/h7-9,11-12,14-15,21H,5-6,10,13H2,1-4H3,(H,25,29)/t21-,24?/m0/s1. The zero-order valence-electron chi connectivity index (χ0n) is 18.1. The Balaban J connectivity index is 1.99. The number of aryl methyl sites for hydroxylation is 1. The molecule has 0 spiro atoms. The summed E-state index contributed by atoms with van der Waals surface area (Å²) in [6.45, 7) is 2.69. The Bertz CT molecular complexity index is 987. The fourth-order valence-corrected chi connectivity index (χ4v) is 4.87. The Morgan fingerprint density at radius 3 is 2.73 bits per heavy atom. The maximum absolute atomic E-state index is 13.8. The molecule has 4 rings (SSSR count). The van der Waals surface area contributed by atoms with E-state index < -0.39 is 5.54 Å². The van der Waals surface area contributed by atoms with E-state index in [2.05, 4.69) is 16.3 Å². The van der Waals surface area contributed by atoms with Crippen molar-refractivity contribution in [1.82, 2.24) is 9.80 Å². The summed E-state index contributed by atoms with van der Waals surface area (Å²) < 4.78 is 5.48. The quantitative estimate of drug-likeness (QED) is 0.846. The van der Waals surface area contributed by atoms with Gasteiger partial charge < -0.3 is 15.0 Å². The fraction of sp³-hybridized carbons (Fsp3) is 0.417. The number of methoxy groups -OCH3 is 1. The van der Waals surface area contributed by atoms with E-state index in [0.717, 1.165) is 41.6 Å². The number of anilines is 1. The van der Waals surface area contributed by atoms with Crippen molar-refractivity contribution in [2.75, 3.05) is 33.1 Å². The maximum atomic E-state index is 13.8. The molecule has 158 valence electrons. The highest BCUT2D eigenvalue weighted by Crippen LogP contribution is 2.48. The van der Waals surface area contributed by atoms with Crippen LogP contribution in [0.15, 0.2) is 42.5 Å². The molecular formula is C24H29N3O3. The van der Waals surface area contributed by atoms with Crippen LogP contribution in [0.25, 0.3) is 0 Å². The van der Waals surface area contributed by atoms with Gasteiger partial charge in [-0.1, -0.05) is 36.2 Å². The minimum Gasteiger partial charge on any atom is -0.497 e. The van der Waals surface area contributed by atoms with E-state index in [9.17, 15) is 9.59 Å². The number of likely N-dealkylation sites (N-methyl/N-ethyl adjacent to an activating group) is 1. The van der Waals surface area contributed by atoms with Gasteiger partial charge in [0.05, 0.1) is 13.2 Å². The van der Waals surface area contributed by atoms with Crippen molar-refractivity contribution in [1.29, 1.82) is 0 Å². The summed E-state index contributed by atoms with van der Waals surface area (Å²) in [7, 11) is 5.18. The number of ether oxygens (including phenoxy) is 1. The number of likely N-dealkylation sites (tertiary alicyclic amines) is 1. The van der Waals surface area contributed by atoms with Crippen LogP contribution in [0, 0.1) is 6.92 Å². The summed E-state index contributed by atoms with van der Waals surface area (Å²) in [4.78, 5) is 30.7. The highest BCUT2D eigenvalue weighted by Gasteiger charge is 2.56. The molecule has 2 atom stereocenters. The predicted molar refractivity (Wildman–Crippen MR) is 117 cm³/mol. The number of hydrogen-bond acceptors (Lipinski definition) is 4. The van der Waals surface area contributed by atoms with Gasteiger partial charge in [0.15, 0.2) is 5.54 Å². The van der Waals surface area contributed by atoms with Crippen LogP contribution in [0.5, 0.6) is 5.75 Å². The Morgan fingerprint density at radius 2 is 2.00 bits per heavy atom. The molecule has 0 aromatic heterocycles. The molecular weight excluding hydrogens is 378 g/mol. The Labute approximate surface area is 177 Å². The average molecular weight is 408 g/mol. The molecule has 1 unspecified atom stereocenters. The molecule has 1 fully saturated rings. The summed E-state index contributed by atoms with van der Waals surface area (Å²) in [5.41, 5.74) is 2.52. The van der Waals surface area contributed by atoms with Crippen molar-refractivity contribution < 1.29 is 14.3 Å². The van der Waals surface area contributed by atoms with Gasteiger partial charge in [-0.05, 0) is 43.5 Å². The summed E-state index contributed by atoms with van der Waals surface area (Å²) in [5, 5.41) is 3.09. The minimum atomic E-state index is -1.08. The molecule has 6 nitrogen and oxygen atoms in total.